The molecular weight excluding hydrogens is 492 g/mol. The second kappa shape index (κ2) is 9.09. The topological polar surface area (TPSA) is 87.3 Å². The maximum atomic E-state index is 12.2. The van der Waals surface area contributed by atoms with Crippen molar-refractivity contribution >= 4 is 27.6 Å². The lowest BCUT2D eigenvalue weighted by Crippen LogP contribution is -2.70. The van der Waals surface area contributed by atoms with E-state index in [0.29, 0.717) is 30.7 Å². The monoisotopic (exact) mass is 524 g/mol. The minimum absolute atomic E-state index is 0.111. The minimum Gasteiger partial charge on any atom is -0.350 e. The van der Waals surface area contributed by atoms with Crippen LogP contribution in [0.15, 0.2) is 28.7 Å². The fraction of sp³-hybridized carbons (Fsp3) is 0.708. The number of fused-ring (bicyclic) bond motifs is 2. The van der Waals surface area contributed by atoms with E-state index in [1.807, 2.05) is 31.2 Å². The van der Waals surface area contributed by atoms with Crippen LogP contribution in [0, 0.1) is 23.7 Å². The summed E-state index contributed by atoms with van der Waals surface area (Å²) in [5.74, 6) is 0.388. The number of halogens is 1. The van der Waals surface area contributed by atoms with Gasteiger partial charge in [0.15, 0.2) is 18.2 Å². The van der Waals surface area contributed by atoms with Gasteiger partial charge in [-0.25, -0.2) is 14.6 Å². The van der Waals surface area contributed by atoms with Crippen molar-refractivity contribution in [1.29, 1.82) is 0 Å². The van der Waals surface area contributed by atoms with E-state index in [9.17, 15) is 4.79 Å². The number of benzene rings is 1. The zero-order valence-electron chi connectivity index (χ0n) is 19.3. The smallest absolute Gasteiger partial charge is 0.319 e. The van der Waals surface area contributed by atoms with Gasteiger partial charge in [0.1, 0.15) is 0 Å². The predicted molar refractivity (Wildman–Crippen MR) is 124 cm³/mol. The summed E-state index contributed by atoms with van der Waals surface area (Å²) in [5.41, 5.74) is 0.122. The normalized spacial score (nSPS) is 41.7. The maximum Gasteiger partial charge on any atom is 0.319 e. The van der Waals surface area contributed by atoms with Gasteiger partial charge in [-0.1, -0.05) is 26.0 Å². The van der Waals surface area contributed by atoms with Crippen LogP contribution in [0.1, 0.15) is 46.5 Å². The number of amides is 2. The number of urea groups is 1. The molecule has 2 bridgehead atoms. The number of anilines is 1. The highest BCUT2D eigenvalue weighted by molar-refractivity contribution is 9.10. The van der Waals surface area contributed by atoms with Crippen molar-refractivity contribution in [3.8, 4) is 0 Å². The first-order valence-electron chi connectivity index (χ1n) is 11.9. The van der Waals surface area contributed by atoms with Gasteiger partial charge in [-0.05, 0) is 66.1 Å². The molecular formula is C24H33BrN2O6. The van der Waals surface area contributed by atoms with E-state index in [2.05, 4.69) is 40.4 Å². The van der Waals surface area contributed by atoms with E-state index in [4.69, 9.17) is 24.0 Å². The van der Waals surface area contributed by atoms with E-state index < -0.39 is 24.0 Å². The van der Waals surface area contributed by atoms with Crippen LogP contribution >= 0.6 is 15.9 Å². The van der Waals surface area contributed by atoms with Gasteiger partial charge in [-0.3, -0.25) is 0 Å². The first-order chi connectivity index (χ1) is 15.8. The van der Waals surface area contributed by atoms with Crippen molar-refractivity contribution in [2.45, 2.75) is 70.4 Å². The molecule has 5 aliphatic rings. The Morgan fingerprint density at radius 2 is 2.00 bits per heavy atom. The van der Waals surface area contributed by atoms with Crippen LogP contribution in [0.5, 0.6) is 0 Å². The summed E-state index contributed by atoms with van der Waals surface area (Å²) in [7, 11) is 0. The zero-order chi connectivity index (χ0) is 23.2. The van der Waals surface area contributed by atoms with Crippen molar-refractivity contribution in [1.82, 2.24) is 5.32 Å². The molecule has 4 aliphatic heterocycles. The quantitative estimate of drug-likeness (QED) is 0.425. The van der Waals surface area contributed by atoms with Gasteiger partial charge in [0, 0.05) is 29.3 Å². The molecule has 8 atom stereocenters. The molecule has 0 radical (unpaired) electrons. The second-order valence-electron chi connectivity index (χ2n) is 10.0. The second-order valence-corrected chi connectivity index (χ2v) is 10.9. The molecule has 2 N–H and O–H groups in total. The van der Waals surface area contributed by atoms with Gasteiger partial charge in [0.2, 0.25) is 5.79 Å². The van der Waals surface area contributed by atoms with Gasteiger partial charge in [0.25, 0.3) is 0 Å². The third-order valence-electron chi connectivity index (χ3n) is 7.89. The van der Waals surface area contributed by atoms with Crippen LogP contribution < -0.4 is 10.6 Å². The molecule has 1 saturated carbocycles. The van der Waals surface area contributed by atoms with Crippen molar-refractivity contribution in [3.63, 3.8) is 0 Å². The van der Waals surface area contributed by atoms with E-state index in [-0.39, 0.29) is 17.9 Å². The number of hydrogen-bond acceptors (Lipinski definition) is 6. The number of nitrogens with one attached hydrogen (secondary N) is 2. The fourth-order valence-corrected chi connectivity index (χ4v) is 6.52. The lowest BCUT2D eigenvalue weighted by atomic mass is 9.58. The average Bonchev–Trinajstić information content (AvgIpc) is 3.02. The lowest BCUT2D eigenvalue weighted by molar-refractivity contribution is -0.577. The molecule has 1 aromatic rings. The molecule has 1 aromatic carbocycles. The molecule has 1 aliphatic carbocycles. The van der Waals surface area contributed by atoms with E-state index in [0.717, 1.165) is 30.2 Å². The Morgan fingerprint density at radius 1 is 1.18 bits per heavy atom. The first-order valence-corrected chi connectivity index (χ1v) is 12.7. The first kappa shape index (κ1) is 23.5. The summed E-state index contributed by atoms with van der Waals surface area (Å²) in [5, 5.41) is 5.65. The average molecular weight is 525 g/mol. The minimum atomic E-state index is -0.798. The Kier molecular flexibility index (Phi) is 6.48. The summed E-state index contributed by atoms with van der Waals surface area (Å²) < 4.78 is 19.7. The van der Waals surface area contributed by atoms with Gasteiger partial charge in [-0.2, -0.15) is 0 Å². The van der Waals surface area contributed by atoms with Crippen molar-refractivity contribution in [2.75, 3.05) is 18.5 Å². The third-order valence-corrected chi connectivity index (χ3v) is 8.58. The Labute approximate surface area is 203 Å². The highest BCUT2D eigenvalue weighted by Gasteiger charge is 2.69. The molecule has 9 heteroatoms. The SMILES string of the molecule is C[C@H]1[C@H](OCCNC(=O)Nc2ccccc2Br)O[C@@H]2O[C@]3(C)CC[C@H]4[C@H](C)CC[C@@H]1[C@@]24OO3. The standard InChI is InChI=1S/C24H33BrN2O6/c1-14-8-9-17-15(2)20(29-13-12-26-22(28)27-19-7-5-4-6-18(19)25)30-21-24(17)16(14)10-11-23(3,31-21)32-33-24/h4-7,14-17,20-21H,8-13H2,1-3H3,(H2,26,27,28)/t14-,15-,16+,17+,20-,21-,23+,24-/m1/s1. The van der Waals surface area contributed by atoms with E-state index in [1.54, 1.807) is 0 Å². The van der Waals surface area contributed by atoms with Gasteiger partial charge in [-0.15, -0.1) is 0 Å². The number of hydrogen-bond donors (Lipinski definition) is 2. The van der Waals surface area contributed by atoms with Crippen LogP contribution in [-0.4, -0.2) is 43.2 Å². The highest BCUT2D eigenvalue weighted by Crippen LogP contribution is 2.60. The fourth-order valence-electron chi connectivity index (χ4n) is 6.13. The molecule has 8 nitrogen and oxygen atoms in total. The summed E-state index contributed by atoms with van der Waals surface area (Å²) >= 11 is 3.43. The largest absolute Gasteiger partial charge is 0.350 e. The Balaban J connectivity index is 1.20. The Morgan fingerprint density at radius 3 is 2.82 bits per heavy atom. The predicted octanol–water partition coefficient (Wildman–Crippen LogP) is 4.80. The number of rotatable bonds is 5. The van der Waals surface area contributed by atoms with Gasteiger partial charge >= 0.3 is 6.03 Å². The summed E-state index contributed by atoms with van der Waals surface area (Å²) in [6.45, 7) is 7.07. The molecule has 1 spiro atoms. The van der Waals surface area contributed by atoms with Crippen molar-refractivity contribution < 1.29 is 28.8 Å². The summed E-state index contributed by atoms with van der Waals surface area (Å²) in [4.78, 5) is 24.2. The maximum absolute atomic E-state index is 12.2. The third kappa shape index (κ3) is 4.21. The highest BCUT2D eigenvalue weighted by atomic mass is 79.9. The molecule has 2 amide bonds. The molecule has 182 valence electrons. The lowest BCUT2D eigenvalue weighted by Gasteiger charge is -2.60. The Hall–Kier alpha value is -1.23. The number of ether oxygens (including phenoxy) is 3. The van der Waals surface area contributed by atoms with Crippen LogP contribution in [0.4, 0.5) is 10.5 Å². The number of carbonyl (C=O) groups is 1. The van der Waals surface area contributed by atoms with E-state index >= 15 is 0 Å². The number of para-hydroxylation sites is 1. The Bertz CT molecular complexity index is 888. The number of carbonyl (C=O) groups excluding carboxylic acids is 1. The molecule has 0 unspecified atom stereocenters. The molecule has 5 fully saturated rings. The molecule has 4 heterocycles. The molecule has 6 rings (SSSR count). The van der Waals surface area contributed by atoms with Gasteiger partial charge in [0.05, 0.1) is 12.3 Å². The van der Waals surface area contributed by atoms with Crippen molar-refractivity contribution in [3.05, 3.63) is 28.7 Å². The van der Waals surface area contributed by atoms with Crippen LogP contribution in [0.2, 0.25) is 0 Å². The van der Waals surface area contributed by atoms with Crippen LogP contribution in [0.25, 0.3) is 0 Å². The summed E-state index contributed by atoms with van der Waals surface area (Å²) in [6, 6.07) is 7.19. The molecule has 4 saturated heterocycles. The van der Waals surface area contributed by atoms with Crippen molar-refractivity contribution in [2.24, 2.45) is 23.7 Å². The van der Waals surface area contributed by atoms with E-state index in [1.165, 1.54) is 0 Å². The summed E-state index contributed by atoms with van der Waals surface area (Å²) in [6.07, 6.45) is 3.01. The van der Waals surface area contributed by atoms with Crippen LogP contribution in [0.3, 0.4) is 0 Å². The zero-order valence-corrected chi connectivity index (χ0v) is 20.9. The van der Waals surface area contributed by atoms with Gasteiger partial charge < -0.3 is 24.8 Å². The van der Waals surface area contributed by atoms with Crippen LogP contribution in [-0.2, 0) is 24.0 Å². The molecule has 33 heavy (non-hydrogen) atoms. The molecule has 0 aromatic heterocycles.